The lowest BCUT2D eigenvalue weighted by Gasteiger charge is -2.40. The number of carbonyl (C=O) groups is 1. The molecule has 218 valence electrons. The number of nitrogens with zero attached hydrogens (tertiary/aromatic N) is 3. The number of hydrogen-bond acceptors (Lipinski definition) is 5. The maximum atomic E-state index is 13.8. The van der Waals surface area contributed by atoms with Gasteiger partial charge in [0.05, 0.1) is 24.1 Å². The van der Waals surface area contributed by atoms with Crippen LogP contribution in [0.2, 0.25) is 0 Å². The van der Waals surface area contributed by atoms with Crippen molar-refractivity contribution in [2.75, 3.05) is 39.3 Å². The molecule has 1 amide bonds. The smallest absolute Gasteiger partial charge is 0.243 e. The van der Waals surface area contributed by atoms with E-state index in [0.717, 1.165) is 5.56 Å². The van der Waals surface area contributed by atoms with Crippen LogP contribution in [0, 0.1) is 0 Å². The lowest BCUT2D eigenvalue weighted by Crippen LogP contribution is -2.52. The highest BCUT2D eigenvalue weighted by Gasteiger charge is 2.32. The molecule has 8 heteroatoms. The van der Waals surface area contributed by atoms with Crippen molar-refractivity contribution in [3.8, 4) is 5.75 Å². The van der Waals surface area contributed by atoms with Gasteiger partial charge in [0.15, 0.2) is 0 Å². The lowest BCUT2D eigenvalue weighted by atomic mass is 9.96. The van der Waals surface area contributed by atoms with Crippen molar-refractivity contribution in [3.05, 3.63) is 132 Å². The van der Waals surface area contributed by atoms with Crippen LogP contribution in [0.15, 0.2) is 120 Å². The van der Waals surface area contributed by atoms with Crippen LogP contribution >= 0.6 is 0 Å². The number of ether oxygens (including phenoxy) is 1. The molecule has 1 saturated heterocycles. The Bertz CT molecular complexity index is 1490. The molecule has 1 aliphatic heterocycles. The Balaban J connectivity index is 1.31. The van der Waals surface area contributed by atoms with Crippen LogP contribution in [-0.4, -0.2) is 67.8 Å². The first kappa shape index (κ1) is 29.5. The van der Waals surface area contributed by atoms with Crippen LogP contribution < -0.4 is 4.74 Å². The average Bonchev–Trinajstić information content (AvgIpc) is 3.03. The van der Waals surface area contributed by atoms with Crippen molar-refractivity contribution < 1.29 is 17.9 Å². The maximum Gasteiger partial charge on any atom is 0.243 e. The Labute approximate surface area is 249 Å². The van der Waals surface area contributed by atoms with E-state index in [9.17, 15) is 13.2 Å². The Morgan fingerprint density at radius 1 is 0.762 bits per heavy atom. The minimum atomic E-state index is -3.94. The van der Waals surface area contributed by atoms with Crippen LogP contribution in [0.5, 0.6) is 5.75 Å². The molecule has 0 N–H and O–H groups in total. The van der Waals surface area contributed by atoms with Gasteiger partial charge in [-0.1, -0.05) is 91.0 Å². The van der Waals surface area contributed by atoms with Gasteiger partial charge in [-0.05, 0) is 47.9 Å². The summed E-state index contributed by atoms with van der Waals surface area (Å²) in [5.74, 6) is 0.403. The summed E-state index contributed by atoms with van der Waals surface area (Å²) in [5, 5.41) is 0. The molecule has 0 aliphatic carbocycles. The molecule has 1 aliphatic rings. The normalized spacial score (nSPS) is 14.3. The first-order chi connectivity index (χ1) is 20.5. The molecular weight excluding hydrogens is 546 g/mol. The van der Waals surface area contributed by atoms with Gasteiger partial charge in [-0.25, -0.2) is 8.42 Å². The van der Waals surface area contributed by atoms with Gasteiger partial charge in [0, 0.05) is 32.7 Å². The van der Waals surface area contributed by atoms with E-state index < -0.39 is 10.0 Å². The van der Waals surface area contributed by atoms with Crippen LogP contribution in [0.1, 0.15) is 29.7 Å². The van der Waals surface area contributed by atoms with Gasteiger partial charge in [-0.3, -0.25) is 9.69 Å². The number of piperazine rings is 1. The molecule has 5 rings (SSSR count). The SMILES string of the molecule is CCOc1ccc(S(=O)(=O)N(CC(=O)N2CCN(C(c3ccccc3)c3ccccc3)CC2)Cc2ccccc2)cc1. The molecule has 0 bridgehead atoms. The Morgan fingerprint density at radius 3 is 1.81 bits per heavy atom. The van der Waals surface area contributed by atoms with Crippen LogP contribution in [0.4, 0.5) is 0 Å². The third-order valence-corrected chi connectivity index (χ3v) is 9.35. The van der Waals surface area contributed by atoms with Crippen LogP contribution in [0.3, 0.4) is 0 Å². The predicted octanol–water partition coefficient (Wildman–Crippen LogP) is 5.21. The first-order valence-corrected chi connectivity index (χ1v) is 15.8. The molecule has 0 unspecified atom stereocenters. The molecule has 7 nitrogen and oxygen atoms in total. The van der Waals surface area contributed by atoms with Crippen molar-refractivity contribution in [1.82, 2.24) is 14.1 Å². The van der Waals surface area contributed by atoms with Crippen molar-refractivity contribution >= 4 is 15.9 Å². The summed E-state index contributed by atoms with van der Waals surface area (Å²) in [6.45, 7) is 4.66. The first-order valence-electron chi connectivity index (χ1n) is 14.3. The molecular formula is C34H37N3O4S. The fourth-order valence-electron chi connectivity index (χ4n) is 5.40. The molecule has 0 radical (unpaired) electrons. The van der Waals surface area contributed by atoms with Gasteiger partial charge < -0.3 is 9.64 Å². The van der Waals surface area contributed by atoms with Crippen molar-refractivity contribution in [1.29, 1.82) is 0 Å². The Kier molecular flexibility index (Phi) is 9.69. The molecule has 1 heterocycles. The molecule has 4 aromatic carbocycles. The summed E-state index contributed by atoms with van der Waals surface area (Å²) in [4.78, 5) is 17.9. The van der Waals surface area contributed by atoms with E-state index >= 15 is 0 Å². The van der Waals surface area contributed by atoms with E-state index in [-0.39, 0.29) is 29.9 Å². The van der Waals surface area contributed by atoms with E-state index in [1.165, 1.54) is 27.6 Å². The fraction of sp³-hybridized carbons (Fsp3) is 0.265. The molecule has 42 heavy (non-hydrogen) atoms. The zero-order valence-corrected chi connectivity index (χ0v) is 24.7. The summed E-state index contributed by atoms with van der Waals surface area (Å²) in [6.07, 6.45) is 0. The van der Waals surface area contributed by atoms with E-state index in [1.54, 1.807) is 17.0 Å². The third-order valence-electron chi connectivity index (χ3n) is 7.55. The number of rotatable bonds is 11. The van der Waals surface area contributed by atoms with Gasteiger partial charge in [0.25, 0.3) is 0 Å². The fourth-order valence-corrected chi connectivity index (χ4v) is 6.78. The maximum absolute atomic E-state index is 13.8. The summed E-state index contributed by atoms with van der Waals surface area (Å²) < 4.78 is 34.3. The van der Waals surface area contributed by atoms with Crippen molar-refractivity contribution in [2.24, 2.45) is 0 Å². The van der Waals surface area contributed by atoms with E-state index in [4.69, 9.17) is 4.74 Å². The quantitative estimate of drug-likeness (QED) is 0.243. The van der Waals surface area contributed by atoms with E-state index in [0.29, 0.717) is 38.5 Å². The largest absolute Gasteiger partial charge is 0.494 e. The topological polar surface area (TPSA) is 70.2 Å². The number of sulfonamides is 1. The average molecular weight is 584 g/mol. The van der Waals surface area contributed by atoms with Gasteiger partial charge in [0.1, 0.15) is 5.75 Å². The lowest BCUT2D eigenvalue weighted by molar-refractivity contribution is -0.133. The van der Waals surface area contributed by atoms with Gasteiger partial charge in [0.2, 0.25) is 15.9 Å². The summed E-state index contributed by atoms with van der Waals surface area (Å²) in [5.41, 5.74) is 3.23. The molecule has 0 saturated carbocycles. The highest BCUT2D eigenvalue weighted by Crippen LogP contribution is 2.30. The highest BCUT2D eigenvalue weighted by molar-refractivity contribution is 7.89. The van der Waals surface area contributed by atoms with Crippen molar-refractivity contribution in [3.63, 3.8) is 0 Å². The van der Waals surface area contributed by atoms with Crippen LogP contribution in [0.25, 0.3) is 0 Å². The van der Waals surface area contributed by atoms with Gasteiger partial charge in [-0.2, -0.15) is 4.31 Å². The summed E-state index contributed by atoms with van der Waals surface area (Å²) in [6, 6.07) is 36.6. The summed E-state index contributed by atoms with van der Waals surface area (Å²) in [7, 11) is -3.94. The molecule has 0 atom stereocenters. The molecule has 0 aromatic heterocycles. The standard InChI is InChI=1S/C34H37N3O4S/c1-2-41-31-18-20-32(21-19-31)42(39,40)37(26-28-12-6-3-7-13-28)27-33(38)35-22-24-36(25-23-35)34(29-14-8-4-9-15-29)30-16-10-5-11-17-30/h3-21,34H,2,22-27H2,1H3. The molecule has 4 aromatic rings. The molecule has 1 fully saturated rings. The summed E-state index contributed by atoms with van der Waals surface area (Å²) >= 11 is 0. The number of hydrogen-bond donors (Lipinski definition) is 0. The number of carbonyl (C=O) groups excluding carboxylic acids is 1. The van der Waals surface area contributed by atoms with Gasteiger partial charge >= 0.3 is 0 Å². The third kappa shape index (κ3) is 7.07. The monoisotopic (exact) mass is 583 g/mol. The number of amides is 1. The zero-order valence-electron chi connectivity index (χ0n) is 23.9. The Hall–Kier alpha value is -3.98. The second-order valence-corrected chi connectivity index (χ2v) is 12.2. The van der Waals surface area contributed by atoms with Gasteiger partial charge in [-0.15, -0.1) is 0 Å². The minimum absolute atomic E-state index is 0.0827. The minimum Gasteiger partial charge on any atom is -0.494 e. The predicted molar refractivity (Wildman–Crippen MR) is 165 cm³/mol. The van der Waals surface area contributed by atoms with Crippen LogP contribution in [-0.2, 0) is 21.4 Å². The Morgan fingerprint density at radius 2 is 1.29 bits per heavy atom. The second kappa shape index (κ2) is 13.8. The zero-order chi connectivity index (χ0) is 29.4. The second-order valence-electron chi connectivity index (χ2n) is 10.3. The number of benzene rings is 4. The van der Waals surface area contributed by atoms with E-state index in [1.807, 2.05) is 49.4 Å². The van der Waals surface area contributed by atoms with E-state index in [2.05, 4.69) is 53.4 Å². The highest BCUT2D eigenvalue weighted by atomic mass is 32.2. The van der Waals surface area contributed by atoms with Crippen molar-refractivity contribution in [2.45, 2.75) is 24.4 Å². The molecule has 0 spiro atoms.